The Labute approximate surface area is 161 Å². The van der Waals surface area contributed by atoms with Crippen LogP contribution in [0.4, 0.5) is 4.39 Å². The summed E-state index contributed by atoms with van der Waals surface area (Å²) in [5, 5.41) is 0. The van der Waals surface area contributed by atoms with Gasteiger partial charge in [-0.25, -0.2) is 14.4 Å². The van der Waals surface area contributed by atoms with Crippen molar-refractivity contribution < 1.29 is 4.39 Å². The fourth-order valence-corrected chi connectivity index (χ4v) is 3.52. The molecule has 0 saturated heterocycles. The lowest BCUT2D eigenvalue weighted by molar-refractivity contribution is 0.629. The molecule has 1 aromatic heterocycles. The van der Waals surface area contributed by atoms with E-state index >= 15 is 0 Å². The molecule has 0 N–H and O–H groups in total. The van der Waals surface area contributed by atoms with Crippen LogP contribution in [-0.2, 0) is 0 Å². The van der Waals surface area contributed by atoms with E-state index in [1.807, 2.05) is 30.3 Å². The van der Waals surface area contributed by atoms with Crippen molar-refractivity contribution in [2.75, 3.05) is 0 Å². The Hall–Kier alpha value is -1.85. The molecule has 0 radical (unpaired) electrons. The molecule has 0 aliphatic heterocycles. The first kappa shape index (κ1) is 16.6. The van der Waals surface area contributed by atoms with Crippen LogP contribution in [0.3, 0.4) is 0 Å². The zero-order valence-corrected chi connectivity index (χ0v) is 16.3. The molecule has 1 heterocycles. The molecule has 2 nitrogen and oxygen atoms in total. The summed E-state index contributed by atoms with van der Waals surface area (Å²) in [6.45, 7) is 0. The minimum Gasteiger partial charge on any atom is -0.248 e. The van der Waals surface area contributed by atoms with Crippen LogP contribution in [0.15, 0.2) is 69.6 Å². The lowest BCUT2D eigenvalue weighted by Crippen LogP contribution is -2.06. The van der Waals surface area contributed by atoms with Gasteiger partial charge in [0.1, 0.15) is 5.82 Å². The van der Waals surface area contributed by atoms with Gasteiger partial charge < -0.3 is 0 Å². The number of halogens is 3. The Balaban J connectivity index is 1.92. The Bertz CT molecular complexity index is 1010. The molecule has 0 spiro atoms. The minimum atomic E-state index is -0.305. The van der Waals surface area contributed by atoms with Crippen molar-refractivity contribution in [1.29, 1.82) is 0 Å². The molecule has 4 rings (SSSR count). The number of hydrogen-bond donors (Lipinski definition) is 0. The summed E-state index contributed by atoms with van der Waals surface area (Å²) >= 11 is 6.96. The number of aromatic nitrogens is 2. The molecule has 0 saturated carbocycles. The van der Waals surface area contributed by atoms with Gasteiger partial charge in [0.05, 0.1) is 22.4 Å². The van der Waals surface area contributed by atoms with Crippen LogP contribution in [0.5, 0.6) is 0 Å². The Morgan fingerprint density at radius 2 is 1.76 bits per heavy atom. The van der Waals surface area contributed by atoms with Gasteiger partial charge >= 0.3 is 0 Å². The second kappa shape index (κ2) is 6.81. The molecule has 0 bridgehead atoms. The summed E-state index contributed by atoms with van der Waals surface area (Å²) < 4.78 is 15.7. The van der Waals surface area contributed by atoms with Crippen LogP contribution in [0.25, 0.3) is 22.3 Å². The summed E-state index contributed by atoms with van der Waals surface area (Å²) in [6.07, 6.45) is 7.15. The number of allylic oxidation sites excluding steroid dienone is 4. The number of benzene rings is 2. The summed E-state index contributed by atoms with van der Waals surface area (Å²) in [7, 11) is 0. The molecule has 25 heavy (non-hydrogen) atoms. The van der Waals surface area contributed by atoms with Crippen LogP contribution < -0.4 is 0 Å². The highest BCUT2D eigenvalue weighted by Crippen LogP contribution is 2.34. The van der Waals surface area contributed by atoms with Gasteiger partial charge in [-0.05, 0) is 30.7 Å². The smallest absolute Gasteiger partial charge is 0.125 e. The van der Waals surface area contributed by atoms with E-state index in [-0.39, 0.29) is 11.7 Å². The van der Waals surface area contributed by atoms with Crippen LogP contribution in [0.2, 0.25) is 0 Å². The van der Waals surface area contributed by atoms with E-state index in [0.29, 0.717) is 11.0 Å². The third-order valence-corrected chi connectivity index (χ3v) is 5.29. The summed E-state index contributed by atoms with van der Waals surface area (Å²) in [5.41, 5.74) is 3.96. The predicted molar refractivity (Wildman–Crippen MR) is 106 cm³/mol. The highest BCUT2D eigenvalue weighted by atomic mass is 79.9. The first-order valence-corrected chi connectivity index (χ1v) is 9.46. The highest BCUT2D eigenvalue weighted by Gasteiger charge is 2.20. The highest BCUT2D eigenvalue weighted by molar-refractivity contribution is 9.12. The minimum absolute atomic E-state index is 0.141. The van der Waals surface area contributed by atoms with Crippen molar-refractivity contribution in [3.8, 4) is 11.3 Å². The van der Waals surface area contributed by atoms with Crippen molar-refractivity contribution in [2.24, 2.45) is 0 Å². The quantitative estimate of drug-likeness (QED) is 0.435. The molecule has 2 aromatic carbocycles. The zero-order chi connectivity index (χ0) is 17.4. The molecule has 0 fully saturated rings. The molecule has 1 unspecified atom stereocenters. The molecule has 3 aromatic rings. The second-order valence-electron chi connectivity index (χ2n) is 5.89. The normalized spacial score (nSPS) is 16.9. The molecule has 1 aliphatic rings. The Morgan fingerprint density at radius 3 is 2.48 bits per heavy atom. The Morgan fingerprint density at radius 1 is 0.960 bits per heavy atom. The summed E-state index contributed by atoms with van der Waals surface area (Å²) in [6, 6.07) is 12.5. The molecule has 124 valence electrons. The van der Waals surface area contributed by atoms with E-state index in [4.69, 9.17) is 9.97 Å². The topological polar surface area (TPSA) is 25.8 Å². The van der Waals surface area contributed by atoms with Gasteiger partial charge in [0, 0.05) is 26.5 Å². The predicted octanol–water partition coefficient (Wildman–Crippen LogP) is 6.52. The van der Waals surface area contributed by atoms with Gasteiger partial charge in [0.15, 0.2) is 0 Å². The first-order valence-electron chi connectivity index (χ1n) is 7.87. The SMILES string of the molecule is Fc1ccc2nc(C3C=CC(Br)=CC3)c(-c3ccc(Br)cc3)nc2c1. The molecular weight excluding hydrogens is 447 g/mol. The summed E-state index contributed by atoms with van der Waals surface area (Å²) in [5.74, 6) is -0.164. The maximum absolute atomic E-state index is 13.6. The monoisotopic (exact) mass is 458 g/mol. The average Bonchev–Trinajstić information content (AvgIpc) is 2.62. The number of rotatable bonds is 2. The summed E-state index contributed by atoms with van der Waals surface area (Å²) in [4.78, 5) is 9.57. The van der Waals surface area contributed by atoms with E-state index in [1.165, 1.54) is 12.1 Å². The first-order chi connectivity index (χ1) is 12.1. The van der Waals surface area contributed by atoms with Crippen molar-refractivity contribution in [2.45, 2.75) is 12.3 Å². The van der Waals surface area contributed by atoms with Gasteiger partial charge in [-0.15, -0.1) is 0 Å². The number of hydrogen-bond acceptors (Lipinski definition) is 2. The number of fused-ring (bicyclic) bond motifs is 1. The lowest BCUT2D eigenvalue weighted by atomic mass is 9.93. The van der Waals surface area contributed by atoms with Crippen molar-refractivity contribution >= 4 is 42.9 Å². The zero-order valence-electron chi connectivity index (χ0n) is 13.1. The van der Waals surface area contributed by atoms with Crippen LogP contribution in [0.1, 0.15) is 18.0 Å². The molecule has 5 heteroatoms. The van der Waals surface area contributed by atoms with E-state index in [9.17, 15) is 4.39 Å². The standard InChI is InChI=1S/C20H13Br2FN2/c21-14-5-1-12(2-6-14)19-20(13-3-7-15(22)8-4-13)25-18-11-16(23)9-10-17(18)24-19/h1,3-12H,2H2. The lowest BCUT2D eigenvalue weighted by Gasteiger charge is -2.18. The van der Waals surface area contributed by atoms with E-state index in [2.05, 4.69) is 44.0 Å². The van der Waals surface area contributed by atoms with Crippen LogP contribution in [0, 0.1) is 5.82 Å². The second-order valence-corrected chi connectivity index (χ2v) is 7.72. The van der Waals surface area contributed by atoms with Gasteiger partial charge in [0.2, 0.25) is 0 Å². The largest absolute Gasteiger partial charge is 0.248 e. The van der Waals surface area contributed by atoms with Gasteiger partial charge in [-0.3, -0.25) is 0 Å². The van der Waals surface area contributed by atoms with Crippen molar-refractivity contribution in [3.63, 3.8) is 0 Å². The number of nitrogens with zero attached hydrogens (tertiary/aromatic N) is 2. The van der Waals surface area contributed by atoms with E-state index in [0.717, 1.165) is 32.3 Å². The molecule has 0 amide bonds. The maximum Gasteiger partial charge on any atom is 0.125 e. The Kier molecular flexibility index (Phi) is 4.52. The maximum atomic E-state index is 13.6. The molecule has 1 aliphatic carbocycles. The van der Waals surface area contributed by atoms with E-state index < -0.39 is 0 Å². The third kappa shape index (κ3) is 3.44. The van der Waals surface area contributed by atoms with Gasteiger partial charge in [-0.1, -0.05) is 62.2 Å². The molecular formula is C20H13Br2FN2. The van der Waals surface area contributed by atoms with Crippen LogP contribution >= 0.6 is 31.9 Å². The van der Waals surface area contributed by atoms with Gasteiger partial charge in [-0.2, -0.15) is 0 Å². The van der Waals surface area contributed by atoms with E-state index in [1.54, 1.807) is 6.07 Å². The third-order valence-electron chi connectivity index (χ3n) is 4.18. The fourth-order valence-electron chi connectivity index (χ4n) is 2.92. The molecule has 1 atom stereocenters. The van der Waals surface area contributed by atoms with Crippen LogP contribution in [-0.4, -0.2) is 9.97 Å². The fraction of sp³-hybridized carbons (Fsp3) is 0.100. The van der Waals surface area contributed by atoms with Crippen molar-refractivity contribution in [3.05, 3.63) is 81.2 Å². The average molecular weight is 460 g/mol. The van der Waals surface area contributed by atoms with Gasteiger partial charge in [0.25, 0.3) is 0 Å². The van der Waals surface area contributed by atoms with Crippen molar-refractivity contribution in [1.82, 2.24) is 9.97 Å².